The molecule has 0 amide bonds. The fourth-order valence-corrected chi connectivity index (χ4v) is 2.13. The van der Waals surface area contributed by atoms with Crippen LogP contribution < -0.4 is 5.32 Å². The molecule has 0 spiro atoms. The molecule has 0 aromatic heterocycles. The summed E-state index contributed by atoms with van der Waals surface area (Å²) >= 11 is 0. The molecule has 0 saturated heterocycles. The highest BCUT2D eigenvalue weighted by atomic mass is 19.1. The van der Waals surface area contributed by atoms with Crippen LogP contribution >= 0.6 is 0 Å². The lowest BCUT2D eigenvalue weighted by molar-refractivity contribution is -0.139. The number of Topliss-reactive ketones (excluding diaryl/α,β-unsaturated/α-hetero) is 1. The van der Waals surface area contributed by atoms with Crippen molar-refractivity contribution in [3.63, 3.8) is 0 Å². The van der Waals surface area contributed by atoms with Crippen LogP contribution in [0, 0.1) is 12.7 Å². The van der Waals surface area contributed by atoms with Crippen LogP contribution in [0.1, 0.15) is 27.9 Å². The van der Waals surface area contributed by atoms with Crippen molar-refractivity contribution in [3.8, 4) is 0 Å². The lowest BCUT2D eigenvalue weighted by Gasteiger charge is -2.14. The van der Waals surface area contributed by atoms with Gasteiger partial charge in [-0.25, -0.2) is 4.39 Å². The van der Waals surface area contributed by atoms with Crippen molar-refractivity contribution in [1.29, 1.82) is 0 Å². The van der Waals surface area contributed by atoms with Crippen LogP contribution in [0.5, 0.6) is 0 Å². The SMILES string of the molecule is Cc1ccc(C(=O)CC(NCc2ccc(F)cc2)C(=O)O)cc1. The summed E-state index contributed by atoms with van der Waals surface area (Å²) < 4.78 is 12.8. The Bertz CT molecular complexity index is 680. The highest BCUT2D eigenvalue weighted by Crippen LogP contribution is 2.09. The number of halogens is 1. The van der Waals surface area contributed by atoms with Gasteiger partial charge in [0.2, 0.25) is 0 Å². The van der Waals surface area contributed by atoms with E-state index >= 15 is 0 Å². The van der Waals surface area contributed by atoms with Crippen molar-refractivity contribution in [2.24, 2.45) is 0 Å². The minimum absolute atomic E-state index is 0.139. The van der Waals surface area contributed by atoms with Gasteiger partial charge in [0.1, 0.15) is 11.9 Å². The Morgan fingerprint density at radius 3 is 2.26 bits per heavy atom. The van der Waals surface area contributed by atoms with E-state index in [4.69, 9.17) is 0 Å². The minimum atomic E-state index is -1.09. The summed E-state index contributed by atoms with van der Waals surface area (Å²) in [5, 5.41) is 12.1. The Kier molecular flexibility index (Phi) is 5.60. The number of carbonyl (C=O) groups is 2. The molecule has 2 aromatic carbocycles. The third-order valence-electron chi connectivity index (χ3n) is 3.53. The number of benzene rings is 2. The van der Waals surface area contributed by atoms with Gasteiger partial charge < -0.3 is 5.11 Å². The number of nitrogens with one attached hydrogen (secondary N) is 1. The number of carbonyl (C=O) groups excluding carboxylic acids is 1. The van der Waals surface area contributed by atoms with Crippen LogP contribution in [-0.4, -0.2) is 22.9 Å². The van der Waals surface area contributed by atoms with E-state index in [2.05, 4.69) is 5.32 Å². The van der Waals surface area contributed by atoms with Gasteiger partial charge in [-0.2, -0.15) is 0 Å². The minimum Gasteiger partial charge on any atom is -0.480 e. The molecule has 2 N–H and O–H groups in total. The Morgan fingerprint density at radius 2 is 1.70 bits per heavy atom. The van der Waals surface area contributed by atoms with E-state index in [0.29, 0.717) is 5.56 Å². The molecule has 0 radical (unpaired) electrons. The average Bonchev–Trinajstić information content (AvgIpc) is 2.53. The first-order valence-corrected chi connectivity index (χ1v) is 7.26. The summed E-state index contributed by atoms with van der Waals surface area (Å²) in [5.41, 5.74) is 2.27. The van der Waals surface area contributed by atoms with E-state index in [0.717, 1.165) is 11.1 Å². The Labute approximate surface area is 134 Å². The third-order valence-corrected chi connectivity index (χ3v) is 3.53. The third kappa shape index (κ3) is 5.00. The van der Waals surface area contributed by atoms with Crippen molar-refractivity contribution in [2.45, 2.75) is 25.9 Å². The lowest BCUT2D eigenvalue weighted by Crippen LogP contribution is -2.38. The number of rotatable bonds is 7. The number of hydrogen-bond acceptors (Lipinski definition) is 3. The fourth-order valence-electron chi connectivity index (χ4n) is 2.13. The smallest absolute Gasteiger partial charge is 0.321 e. The fraction of sp³-hybridized carbons (Fsp3) is 0.222. The molecule has 5 heteroatoms. The molecule has 4 nitrogen and oxygen atoms in total. The van der Waals surface area contributed by atoms with Gasteiger partial charge in [-0.05, 0) is 24.6 Å². The maximum absolute atomic E-state index is 12.8. The Balaban J connectivity index is 1.98. The van der Waals surface area contributed by atoms with Gasteiger partial charge in [0.15, 0.2) is 5.78 Å². The molecule has 2 rings (SSSR count). The monoisotopic (exact) mass is 315 g/mol. The second-order valence-electron chi connectivity index (χ2n) is 5.39. The summed E-state index contributed by atoms with van der Waals surface area (Å²) in [7, 11) is 0. The molecule has 0 aliphatic rings. The first kappa shape index (κ1) is 16.8. The van der Waals surface area contributed by atoms with Crippen molar-refractivity contribution in [1.82, 2.24) is 5.32 Å². The van der Waals surface area contributed by atoms with E-state index in [9.17, 15) is 19.1 Å². The predicted molar refractivity (Wildman–Crippen MR) is 84.8 cm³/mol. The standard InChI is InChI=1S/C18H18FNO3/c1-12-2-6-14(7-3-12)17(21)10-16(18(22)23)20-11-13-4-8-15(19)9-5-13/h2-9,16,20H,10-11H2,1H3,(H,22,23). The number of carboxylic acids is 1. The Hall–Kier alpha value is -2.53. The van der Waals surface area contributed by atoms with Gasteiger partial charge in [0.05, 0.1) is 0 Å². The normalized spacial score (nSPS) is 11.9. The molecule has 1 atom stereocenters. The molecule has 0 aliphatic heterocycles. The summed E-state index contributed by atoms with van der Waals surface area (Å²) in [6, 6.07) is 11.8. The van der Waals surface area contributed by atoms with E-state index in [1.807, 2.05) is 19.1 Å². The quantitative estimate of drug-likeness (QED) is 0.771. The zero-order valence-corrected chi connectivity index (χ0v) is 12.8. The van der Waals surface area contributed by atoms with Gasteiger partial charge in [-0.1, -0.05) is 42.0 Å². The van der Waals surface area contributed by atoms with Gasteiger partial charge in [0, 0.05) is 18.5 Å². The van der Waals surface area contributed by atoms with E-state index in [1.54, 1.807) is 24.3 Å². The highest BCUT2D eigenvalue weighted by Gasteiger charge is 2.21. The van der Waals surface area contributed by atoms with Crippen LogP contribution in [0.4, 0.5) is 4.39 Å². The van der Waals surface area contributed by atoms with Gasteiger partial charge in [-0.3, -0.25) is 14.9 Å². The number of aryl methyl sites for hydroxylation is 1. The molecule has 23 heavy (non-hydrogen) atoms. The first-order chi connectivity index (χ1) is 11.0. The topological polar surface area (TPSA) is 66.4 Å². The Morgan fingerprint density at radius 1 is 1.09 bits per heavy atom. The van der Waals surface area contributed by atoms with Crippen molar-refractivity contribution < 1.29 is 19.1 Å². The molecule has 0 aliphatic carbocycles. The number of ketones is 1. The first-order valence-electron chi connectivity index (χ1n) is 7.26. The highest BCUT2D eigenvalue weighted by molar-refractivity contribution is 5.98. The van der Waals surface area contributed by atoms with Gasteiger partial charge in [-0.15, -0.1) is 0 Å². The van der Waals surface area contributed by atoms with Crippen molar-refractivity contribution in [3.05, 3.63) is 71.0 Å². The molecule has 0 heterocycles. The van der Waals surface area contributed by atoms with Crippen LogP contribution in [-0.2, 0) is 11.3 Å². The summed E-state index contributed by atoms with van der Waals surface area (Å²) in [4.78, 5) is 23.5. The molecule has 0 bridgehead atoms. The summed E-state index contributed by atoms with van der Waals surface area (Å²) in [6.45, 7) is 2.16. The molecule has 120 valence electrons. The van der Waals surface area contributed by atoms with Gasteiger partial charge in [0.25, 0.3) is 0 Å². The number of carboxylic acid groups (broad SMARTS) is 1. The van der Waals surface area contributed by atoms with Crippen LogP contribution in [0.25, 0.3) is 0 Å². The maximum atomic E-state index is 12.8. The van der Waals surface area contributed by atoms with Crippen molar-refractivity contribution >= 4 is 11.8 Å². The molecule has 0 saturated carbocycles. The largest absolute Gasteiger partial charge is 0.480 e. The summed E-state index contributed by atoms with van der Waals surface area (Å²) in [5.74, 6) is -1.67. The second-order valence-corrected chi connectivity index (χ2v) is 5.39. The van der Waals surface area contributed by atoms with Gasteiger partial charge >= 0.3 is 5.97 Å². The molecular weight excluding hydrogens is 297 g/mol. The van der Waals surface area contributed by atoms with Crippen LogP contribution in [0.3, 0.4) is 0 Å². The molecule has 1 unspecified atom stereocenters. The van der Waals surface area contributed by atoms with Crippen molar-refractivity contribution in [2.75, 3.05) is 0 Å². The van der Waals surface area contributed by atoms with Crippen LogP contribution in [0.2, 0.25) is 0 Å². The molecular formula is C18H18FNO3. The zero-order chi connectivity index (χ0) is 16.8. The zero-order valence-electron chi connectivity index (χ0n) is 12.8. The lowest BCUT2D eigenvalue weighted by atomic mass is 10.0. The maximum Gasteiger partial charge on any atom is 0.321 e. The van der Waals surface area contributed by atoms with Crippen LogP contribution in [0.15, 0.2) is 48.5 Å². The van der Waals surface area contributed by atoms with E-state index in [1.165, 1.54) is 12.1 Å². The van der Waals surface area contributed by atoms with E-state index < -0.39 is 12.0 Å². The van der Waals surface area contributed by atoms with E-state index in [-0.39, 0.29) is 24.6 Å². The number of hydrogen-bond donors (Lipinski definition) is 2. The molecule has 0 fully saturated rings. The predicted octanol–water partition coefficient (Wildman–Crippen LogP) is 2.95. The average molecular weight is 315 g/mol. The molecule has 2 aromatic rings. The number of aliphatic carboxylic acids is 1. The second kappa shape index (κ2) is 7.65. The summed E-state index contributed by atoms with van der Waals surface area (Å²) in [6.07, 6.45) is -0.139.